The molecular weight excluding hydrogens is 224 g/mol. The second-order valence-corrected chi connectivity index (χ2v) is 4.45. The predicted octanol–water partition coefficient (Wildman–Crippen LogP) is 3.55. The molecule has 0 aliphatic heterocycles. The Balaban J connectivity index is 0. The molecular formula is C14H30MgO2. The molecule has 0 bridgehead atoms. The molecule has 17 heavy (non-hydrogen) atoms. The second-order valence-electron chi connectivity index (χ2n) is 4.45. The van der Waals surface area contributed by atoms with Crippen molar-refractivity contribution in [3.8, 4) is 0 Å². The summed E-state index contributed by atoms with van der Waals surface area (Å²) in [5.41, 5.74) is 0. The van der Waals surface area contributed by atoms with Gasteiger partial charge in [0, 0.05) is 6.42 Å². The summed E-state index contributed by atoms with van der Waals surface area (Å²) in [5, 5.41) is 0. The molecule has 0 aliphatic carbocycles. The maximum Gasteiger partial charge on any atom is 0.316 e. The zero-order valence-electron chi connectivity index (χ0n) is 11.1. The lowest BCUT2D eigenvalue weighted by atomic mass is 10.1. The summed E-state index contributed by atoms with van der Waals surface area (Å²) >= 11 is 0. The normalized spacial score (nSPS) is 9.76. The molecule has 0 radical (unpaired) electrons. The lowest BCUT2D eigenvalue weighted by molar-refractivity contribution is -0.143. The van der Waals surface area contributed by atoms with Crippen LogP contribution in [0.3, 0.4) is 0 Å². The minimum absolute atomic E-state index is 0. The topological polar surface area (TPSA) is 26.3 Å². The van der Waals surface area contributed by atoms with Crippen LogP contribution in [0.1, 0.15) is 78.1 Å². The third kappa shape index (κ3) is 16.2. The van der Waals surface area contributed by atoms with Crippen molar-refractivity contribution in [2.75, 3.05) is 6.61 Å². The maximum atomic E-state index is 11.2. The van der Waals surface area contributed by atoms with Gasteiger partial charge < -0.3 is 4.74 Å². The Kier molecular flexibility index (Phi) is 18.7. The number of rotatable bonds is 11. The van der Waals surface area contributed by atoms with Crippen molar-refractivity contribution in [3.63, 3.8) is 0 Å². The smallest absolute Gasteiger partial charge is 0.316 e. The molecule has 0 aromatic carbocycles. The first-order valence-electron chi connectivity index (χ1n) is 6.96. The average molecular weight is 255 g/mol. The molecule has 2 nitrogen and oxygen atoms in total. The van der Waals surface area contributed by atoms with E-state index in [1.165, 1.54) is 32.1 Å². The first-order valence-corrected chi connectivity index (χ1v) is 6.96. The van der Waals surface area contributed by atoms with Gasteiger partial charge >= 0.3 is 29.0 Å². The summed E-state index contributed by atoms with van der Waals surface area (Å²) in [6.45, 7) is 4.98. The van der Waals surface area contributed by atoms with Crippen molar-refractivity contribution in [1.29, 1.82) is 0 Å². The summed E-state index contributed by atoms with van der Waals surface area (Å²) in [7, 11) is 0. The molecule has 3 heteroatoms. The van der Waals surface area contributed by atoms with Gasteiger partial charge in [0.1, 0.15) is 0 Å². The zero-order chi connectivity index (χ0) is 12.1. The fraction of sp³-hybridized carbons (Fsp3) is 0.929. The van der Waals surface area contributed by atoms with Gasteiger partial charge in [-0.05, 0) is 12.8 Å². The van der Waals surface area contributed by atoms with Gasteiger partial charge in [0.05, 0.1) is 6.61 Å². The largest absolute Gasteiger partial charge is 0.466 e. The minimum Gasteiger partial charge on any atom is -0.466 e. The number of hydrogen-bond acceptors (Lipinski definition) is 2. The standard InChI is InChI=1S/C14H28O2.Mg.2H/c1-3-5-7-8-9-11-13-16-14(15)12-10-6-4-2;;;/h3-13H2,1-2H3;;;. The van der Waals surface area contributed by atoms with Crippen LogP contribution >= 0.6 is 0 Å². The first kappa shape index (κ1) is 19.6. The predicted molar refractivity (Wildman–Crippen MR) is 77.0 cm³/mol. The van der Waals surface area contributed by atoms with E-state index in [1.54, 1.807) is 0 Å². The van der Waals surface area contributed by atoms with Crippen LogP contribution in [0.15, 0.2) is 0 Å². The molecule has 0 unspecified atom stereocenters. The van der Waals surface area contributed by atoms with E-state index in [-0.39, 0.29) is 29.0 Å². The Morgan fingerprint density at radius 3 is 2.00 bits per heavy atom. The monoisotopic (exact) mass is 254 g/mol. The molecule has 0 aromatic rings. The molecule has 0 heterocycles. The molecule has 0 aromatic heterocycles. The third-order valence-corrected chi connectivity index (χ3v) is 2.75. The molecule has 0 spiro atoms. The number of hydrogen-bond donors (Lipinski definition) is 0. The Morgan fingerprint density at radius 2 is 1.35 bits per heavy atom. The van der Waals surface area contributed by atoms with Crippen LogP contribution in [0, 0.1) is 0 Å². The van der Waals surface area contributed by atoms with E-state index in [2.05, 4.69) is 13.8 Å². The average Bonchev–Trinajstić information content (AvgIpc) is 2.28. The Bertz CT molecular complexity index is 160. The SMILES string of the molecule is CCCCCCCCOC(=O)CCCCC.[MgH2]. The Labute approximate surface area is 123 Å². The van der Waals surface area contributed by atoms with Crippen LogP contribution in [0.25, 0.3) is 0 Å². The fourth-order valence-corrected chi connectivity index (χ4v) is 1.66. The highest BCUT2D eigenvalue weighted by atomic mass is 24.3. The Morgan fingerprint density at radius 1 is 0.824 bits per heavy atom. The van der Waals surface area contributed by atoms with Gasteiger partial charge in [-0.3, -0.25) is 4.79 Å². The minimum atomic E-state index is -0.0120. The second kappa shape index (κ2) is 16.2. The summed E-state index contributed by atoms with van der Waals surface area (Å²) in [6.07, 6.45) is 11.3. The molecule has 0 atom stereocenters. The molecule has 0 aliphatic rings. The first-order chi connectivity index (χ1) is 7.81. The van der Waals surface area contributed by atoms with E-state index in [4.69, 9.17) is 4.74 Å². The molecule has 0 N–H and O–H groups in total. The molecule has 0 rings (SSSR count). The summed E-state index contributed by atoms with van der Waals surface area (Å²) in [5.74, 6) is -0.0120. The number of carbonyl (C=O) groups excluding carboxylic acids is 1. The molecule has 100 valence electrons. The van der Waals surface area contributed by atoms with Crippen LogP contribution in [0.4, 0.5) is 0 Å². The lowest BCUT2D eigenvalue weighted by Crippen LogP contribution is -2.05. The zero-order valence-corrected chi connectivity index (χ0v) is 11.1. The molecule has 0 saturated heterocycles. The summed E-state index contributed by atoms with van der Waals surface area (Å²) in [6, 6.07) is 0. The van der Waals surface area contributed by atoms with Crippen LogP contribution < -0.4 is 0 Å². The van der Waals surface area contributed by atoms with E-state index in [1.807, 2.05) is 0 Å². The van der Waals surface area contributed by atoms with E-state index >= 15 is 0 Å². The lowest BCUT2D eigenvalue weighted by Gasteiger charge is -2.04. The fourth-order valence-electron chi connectivity index (χ4n) is 1.66. The summed E-state index contributed by atoms with van der Waals surface area (Å²) in [4.78, 5) is 11.2. The third-order valence-electron chi connectivity index (χ3n) is 2.75. The van der Waals surface area contributed by atoms with E-state index in [0.717, 1.165) is 25.7 Å². The number of carbonyl (C=O) groups is 1. The van der Waals surface area contributed by atoms with Crippen molar-refractivity contribution in [2.24, 2.45) is 0 Å². The van der Waals surface area contributed by atoms with Gasteiger partial charge in [0.2, 0.25) is 0 Å². The van der Waals surface area contributed by atoms with Crippen molar-refractivity contribution in [3.05, 3.63) is 0 Å². The quantitative estimate of drug-likeness (QED) is 0.320. The van der Waals surface area contributed by atoms with Gasteiger partial charge in [-0.25, -0.2) is 0 Å². The van der Waals surface area contributed by atoms with Crippen molar-refractivity contribution >= 4 is 29.0 Å². The van der Waals surface area contributed by atoms with Gasteiger partial charge in [-0.2, -0.15) is 0 Å². The maximum absolute atomic E-state index is 11.2. The van der Waals surface area contributed by atoms with E-state index < -0.39 is 0 Å². The van der Waals surface area contributed by atoms with Gasteiger partial charge in [0.25, 0.3) is 0 Å². The number of unbranched alkanes of at least 4 members (excludes halogenated alkanes) is 7. The van der Waals surface area contributed by atoms with Crippen LogP contribution in [0.5, 0.6) is 0 Å². The Hall–Kier alpha value is 0.236. The van der Waals surface area contributed by atoms with Gasteiger partial charge in [-0.1, -0.05) is 58.8 Å². The van der Waals surface area contributed by atoms with Crippen molar-refractivity contribution in [2.45, 2.75) is 78.1 Å². The highest BCUT2D eigenvalue weighted by Gasteiger charge is 2.01. The van der Waals surface area contributed by atoms with Crippen molar-refractivity contribution in [1.82, 2.24) is 0 Å². The molecule has 0 fully saturated rings. The van der Waals surface area contributed by atoms with Gasteiger partial charge in [-0.15, -0.1) is 0 Å². The molecule has 0 amide bonds. The van der Waals surface area contributed by atoms with E-state index in [0.29, 0.717) is 13.0 Å². The van der Waals surface area contributed by atoms with Crippen LogP contribution in [-0.4, -0.2) is 35.6 Å². The van der Waals surface area contributed by atoms with Crippen LogP contribution in [-0.2, 0) is 9.53 Å². The summed E-state index contributed by atoms with van der Waals surface area (Å²) < 4.78 is 5.16. The van der Waals surface area contributed by atoms with Gasteiger partial charge in [0.15, 0.2) is 0 Å². The highest BCUT2D eigenvalue weighted by Crippen LogP contribution is 2.06. The van der Waals surface area contributed by atoms with E-state index in [9.17, 15) is 4.79 Å². The number of esters is 1. The highest BCUT2D eigenvalue weighted by molar-refractivity contribution is 5.75. The van der Waals surface area contributed by atoms with Crippen LogP contribution in [0.2, 0.25) is 0 Å². The molecule has 0 saturated carbocycles. The van der Waals surface area contributed by atoms with Crippen molar-refractivity contribution < 1.29 is 9.53 Å². The number of ether oxygens (including phenoxy) is 1.